The summed E-state index contributed by atoms with van der Waals surface area (Å²) in [5, 5.41) is 13.6. The van der Waals surface area contributed by atoms with Crippen molar-refractivity contribution >= 4 is 61.6 Å². The smallest absolute Gasteiger partial charge is 0.412 e. The van der Waals surface area contributed by atoms with Gasteiger partial charge >= 0.3 is 12.1 Å². The minimum Gasteiger partial charge on any atom is -0.481 e. The van der Waals surface area contributed by atoms with Crippen molar-refractivity contribution in [2.24, 2.45) is 0 Å². The number of thiazole rings is 2. The standard InChI is InChI=1S/C25H20N4O4S3/c1-13(14-5-3-2-4-6-14)33-24(32)27-19-16(36-29-18(19)15-7-8-15)9-10-17-26-20-21(34-17)35-22(28-20)25(11-12-25)23(30)31/h2-6,13,15H,7-8,11-12H2,1H3,(H,27,32)(H,30,31). The third-order valence-corrected chi connectivity index (χ3v) is 9.37. The van der Waals surface area contributed by atoms with Gasteiger partial charge in [-0.3, -0.25) is 10.1 Å². The van der Waals surface area contributed by atoms with Crippen LogP contribution >= 0.6 is 34.2 Å². The number of rotatable bonds is 6. The van der Waals surface area contributed by atoms with Crippen LogP contribution in [0.4, 0.5) is 10.5 Å². The number of aliphatic carboxylic acids is 1. The van der Waals surface area contributed by atoms with E-state index >= 15 is 0 Å². The lowest BCUT2D eigenvalue weighted by atomic mass is 10.1. The first-order valence-corrected chi connectivity index (χ1v) is 13.9. The summed E-state index contributed by atoms with van der Waals surface area (Å²) in [6.07, 6.45) is 2.37. The molecule has 1 unspecified atom stereocenters. The van der Waals surface area contributed by atoms with E-state index in [0.29, 0.717) is 45.0 Å². The van der Waals surface area contributed by atoms with Gasteiger partial charge in [-0.05, 0) is 61.5 Å². The zero-order valence-corrected chi connectivity index (χ0v) is 21.6. The quantitative estimate of drug-likeness (QED) is 0.294. The molecule has 4 aromatic rings. The molecule has 0 radical (unpaired) electrons. The number of benzene rings is 1. The lowest BCUT2D eigenvalue weighted by molar-refractivity contribution is -0.140. The van der Waals surface area contributed by atoms with Gasteiger partial charge in [0.1, 0.15) is 25.4 Å². The molecule has 2 saturated carbocycles. The van der Waals surface area contributed by atoms with E-state index in [1.165, 1.54) is 34.2 Å². The predicted molar refractivity (Wildman–Crippen MR) is 139 cm³/mol. The first-order chi connectivity index (χ1) is 17.4. The molecule has 2 aliphatic rings. The second-order valence-corrected chi connectivity index (χ2v) is 11.9. The monoisotopic (exact) mass is 536 g/mol. The lowest BCUT2D eigenvalue weighted by Crippen LogP contribution is -2.18. The molecule has 6 rings (SSSR count). The number of hydrogen-bond donors (Lipinski definition) is 2. The normalized spacial score (nSPS) is 16.7. The van der Waals surface area contributed by atoms with Gasteiger partial charge in [0.25, 0.3) is 0 Å². The summed E-state index contributed by atoms with van der Waals surface area (Å²) in [5.41, 5.74) is 2.08. The molecule has 1 aromatic carbocycles. The first kappa shape index (κ1) is 23.1. The molecule has 3 heterocycles. The number of nitrogens with one attached hydrogen (secondary N) is 1. The highest BCUT2D eigenvalue weighted by Crippen LogP contribution is 2.51. The molecule has 2 aliphatic carbocycles. The molecule has 8 nitrogen and oxygen atoms in total. The molecule has 0 bridgehead atoms. The number of carboxylic acid groups (broad SMARTS) is 1. The van der Waals surface area contributed by atoms with Crippen LogP contribution in [-0.2, 0) is 14.9 Å². The maximum Gasteiger partial charge on any atom is 0.412 e. The third kappa shape index (κ3) is 4.36. The van der Waals surface area contributed by atoms with Crippen molar-refractivity contribution in [3.63, 3.8) is 0 Å². The molecule has 36 heavy (non-hydrogen) atoms. The summed E-state index contributed by atoms with van der Waals surface area (Å²) in [6.45, 7) is 1.83. The predicted octanol–water partition coefficient (Wildman–Crippen LogP) is 5.91. The highest BCUT2D eigenvalue weighted by molar-refractivity contribution is 7.38. The number of hydrogen-bond acceptors (Lipinski definition) is 9. The maximum absolute atomic E-state index is 12.7. The Kier molecular flexibility index (Phi) is 5.75. The number of aromatic nitrogens is 3. The largest absolute Gasteiger partial charge is 0.481 e. The van der Waals surface area contributed by atoms with Gasteiger partial charge in [0.15, 0.2) is 10.7 Å². The van der Waals surface area contributed by atoms with Crippen molar-refractivity contribution in [2.75, 3.05) is 5.32 Å². The number of nitrogens with zero attached hydrogens (tertiary/aromatic N) is 3. The van der Waals surface area contributed by atoms with Crippen molar-refractivity contribution in [1.82, 2.24) is 14.3 Å². The van der Waals surface area contributed by atoms with Gasteiger partial charge in [0, 0.05) is 5.92 Å². The average Bonchev–Trinajstić information content (AvgIpc) is 3.76. The second kappa shape index (κ2) is 8.96. The Bertz CT molecular complexity index is 1510. The van der Waals surface area contributed by atoms with E-state index in [1.54, 1.807) is 0 Å². The van der Waals surface area contributed by atoms with Gasteiger partial charge in [0.05, 0.1) is 11.4 Å². The van der Waals surface area contributed by atoms with Crippen molar-refractivity contribution in [3.8, 4) is 11.8 Å². The van der Waals surface area contributed by atoms with Crippen LogP contribution < -0.4 is 5.32 Å². The highest BCUT2D eigenvalue weighted by Gasteiger charge is 2.54. The Hall–Kier alpha value is -3.33. The molecule has 0 spiro atoms. The number of carboxylic acids is 1. The van der Waals surface area contributed by atoms with Crippen molar-refractivity contribution in [1.29, 1.82) is 0 Å². The summed E-state index contributed by atoms with van der Waals surface area (Å²) in [7, 11) is 0. The van der Waals surface area contributed by atoms with Gasteiger partial charge in [-0.2, -0.15) is 4.37 Å². The van der Waals surface area contributed by atoms with E-state index in [2.05, 4.69) is 31.5 Å². The van der Waals surface area contributed by atoms with Crippen LogP contribution in [0.3, 0.4) is 0 Å². The fraction of sp³-hybridized carbons (Fsp3) is 0.320. The number of fused-ring (bicyclic) bond motifs is 1. The number of amides is 1. The molecule has 1 amide bonds. The Morgan fingerprint density at radius 2 is 1.94 bits per heavy atom. The Morgan fingerprint density at radius 1 is 1.17 bits per heavy atom. The molecule has 0 aliphatic heterocycles. The van der Waals surface area contributed by atoms with E-state index < -0.39 is 23.6 Å². The fourth-order valence-electron chi connectivity index (χ4n) is 3.88. The van der Waals surface area contributed by atoms with Gasteiger partial charge in [-0.1, -0.05) is 41.7 Å². The number of anilines is 1. The van der Waals surface area contributed by atoms with E-state index in [1.807, 2.05) is 37.3 Å². The second-order valence-electron chi connectivity index (χ2n) is 8.92. The highest BCUT2D eigenvalue weighted by atomic mass is 32.2. The van der Waals surface area contributed by atoms with E-state index in [0.717, 1.165) is 28.1 Å². The van der Waals surface area contributed by atoms with Gasteiger partial charge in [0.2, 0.25) is 0 Å². The van der Waals surface area contributed by atoms with Crippen LogP contribution in [0, 0.1) is 11.8 Å². The Morgan fingerprint density at radius 3 is 2.61 bits per heavy atom. The molecule has 1 atom stereocenters. The molecule has 3 aromatic heterocycles. The van der Waals surface area contributed by atoms with Crippen molar-refractivity contribution < 1.29 is 19.4 Å². The van der Waals surface area contributed by atoms with E-state index in [-0.39, 0.29) is 0 Å². The van der Waals surface area contributed by atoms with Gasteiger partial charge in [-0.15, -0.1) is 11.3 Å². The fourth-order valence-corrected chi connectivity index (χ4v) is 6.87. The summed E-state index contributed by atoms with van der Waals surface area (Å²) < 4.78 is 11.0. The van der Waals surface area contributed by atoms with E-state index in [9.17, 15) is 14.7 Å². The Labute approximate surface area is 218 Å². The molecule has 11 heteroatoms. The number of ether oxygens (including phenoxy) is 1. The topological polar surface area (TPSA) is 114 Å². The number of carbonyl (C=O) groups is 2. The Balaban J connectivity index is 1.21. The zero-order valence-electron chi connectivity index (χ0n) is 19.1. The molecular weight excluding hydrogens is 517 g/mol. The van der Waals surface area contributed by atoms with Crippen LogP contribution in [0.1, 0.15) is 70.8 Å². The van der Waals surface area contributed by atoms with Crippen molar-refractivity contribution in [2.45, 2.75) is 50.0 Å². The SMILES string of the molecule is CC(OC(=O)Nc1c(C2CC2)nsc1C#Cc1nc2nc(C3(C(=O)O)CC3)sc2s1)c1ccccc1. The molecule has 0 saturated heterocycles. The van der Waals surface area contributed by atoms with Crippen LogP contribution in [-0.4, -0.2) is 31.5 Å². The van der Waals surface area contributed by atoms with Crippen LogP contribution in [0.5, 0.6) is 0 Å². The summed E-state index contributed by atoms with van der Waals surface area (Å²) in [6, 6.07) is 9.56. The van der Waals surface area contributed by atoms with Gasteiger partial charge in [-0.25, -0.2) is 14.8 Å². The van der Waals surface area contributed by atoms with Crippen LogP contribution in [0.15, 0.2) is 30.3 Å². The minimum atomic E-state index is -0.827. The van der Waals surface area contributed by atoms with E-state index in [4.69, 9.17) is 4.74 Å². The van der Waals surface area contributed by atoms with Crippen molar-refractivity contribution in [3.05, 3.63) is 56.5 Å². The van der Waals surface area contributed by atoms with Gasteiger partial charge < -0.3 is 9.84 Å². The van der Waals surface area contributed by atoms with Crippen LogP contribution in [0.2, 0.25) is 0 Å². The zero-order chi connectivity index (χ0) is 24.9. The summed E-state index contributed by atoms with van der Waals surface area (Å²) in [4.78, 5) is 33.9. The lowest BCUT2D eigenvalue weighted by Gasteiger charge is -2.14. The number of carbonyl (C=O) groups excluding carboxylic acids is 1. The van der Waals surface area contributed by atoms with Crippen LogP contribution in [0.25, 0.3) is 9.66 Å². The summed E-state index contributed by atoms with van der Waals surface area (Å²) >= 11 is 4.03. The molecule has 2 N–H and O–H groups in total. The molecule has 182 valence electrons. The summed E-state index contributed by atoms with van der Waals surface area (Å²) in [5.74, 6) is 5.69. The molecular formula is C25H20N4O4S3. The molecule has 2 fully saturated rings. The first-order valence-electron chi connectivity index (χ1n) is 11.5. The minimum absolute atomic E-state index is 0.329. The average molecular weight is 537 g/mol. The maximum atomic E-state index is 12.7. The third-order valence-electron chi connectivity index (χ3n) is 6.29.